The molecular formula is C29H31F5N4O5. The molecule has 0 aliphatic heterocycles. The molecule has 0 spiro atoms. The monoisotopic (exact) mass is 610 g/mol. The van der Waals surface area contributed by atoms with Crippen LogP contribution in [0.1, 0.15) is 54.4 Å². The summed E-state index contributed by atoms with van der Waals surface area (Å²) in [6, 6.07) is 7.13. The minimum absolute atomic E-state index is 0.0516. The lowest BCUT2D eigenvalue weighted by molar-refractivity contribution is -0.139. The van der Waals surface area contributed by atoms with Gasteiger partial charge in [-0.3, -0.25) is 0 Å². The molecule has 0 fully saturated rings. The highest BCUT2D eigenvalue weighted by Crippen LogP contribution is 2.36. The predicted octanol–water partition coefficient (Wildman–Crippen LogP) is 6.78. The molecule has 1 heterocycles. The van der Waals surface area contributed by atoms with Gasteiger partial charge in [0.2, 0.25) is 5.88 Å². The van der Waals surface area contributed by atoms with Gasteiger partial charge in [0.1, 0.15) is 17.2 Å². The summed E-state index contributed by atoms with van der Waals surface area (Å²) in [5.41, 5.74) is 3.27. The second-order valence-electron chi connectivity index (χ2n) is 10.5. The molecule has 0 aliphatic carbocycles. The van der Waals surface area contributed by atoms with E-state index in [1.54, 1.807) is 32.9 Å². The zero-order valence-corrected chi connectivity index (χ0v) is 23.8. The zero-order chi connectivity index (χ0) is 32.1. The van der Waals surface area contributed by atoms with Gasteiger partial charge in [-0.25, -0.2) is 23.4 Å². The largest absolute Gasteiger partial charge is 0.481 e. The van der Waals surface area contributed by atoms with Crippen molar-refractivity contribution in [2.45, 2.75) is 51.9 Å². The lowest BCUT2D eigenvalue weighted by Crippen LogP contribution is -2.37. The Bertz CT molecular complexity index is 1490. The van der Waals surface area contributed by atoms with Crippen LogP contribution in [0.5, 0.6) is 5.88 Å². The molecule has 2 aromatic carbocycles. The molecule has 0 saturated heterocycles. The molecule has 1 amide bonds. The van der Waals surface area contributed by atoms with Crippen molar-refractivity contribution < 1.29 is 46.1 Å². The zero-order valence-electron chi connectivity index (χ0n) is 23.8. The maximum Gasteiger partial charge on any atom is 0.419 e. The Labute approximate surface area is 244 Å². The third-order valence-corrected chi connectivity index (χ3v) is 6.04. The molecule has 0 atom stereocenters. The topological polar surface area (TPSA) is 127 Å². The van der Waals surface area contributed by atoms with Gasteiger partial charge in [0.15, 0.2) is 0 Å². The fourth-order valence-corrected chi connectivity index (χ4v) is 4.04. The Morgan fingerprint density at radius 3 is 2.35 bits per heavy atom. The fourth-order valence-electron chi connectivity index (χ4n) is 4.04. The summed E-state index contributed by atoms with van der Waals surface area (Å²) in [6.07, 6.45) is -5.46. The normalized spacial score (nSPS) is 11.7. The van der Waals surface area contributed by atoms with Crippen LogP contribution in [0.25, 0.3) is 0 Å². The number of amides is 1. The number of halogens is 5. The molecular weight excluding hydrogens is 579 g/mol. The number of hydrogen-bond acceptors (Lipinski definition) is 7. The van der Waals surface area contributed by atoms with Gasteiger partial charge in [-0.15, -0.1) is 0 Å². The van der Waals surface area contributed by atoms with Crippen molar-refractivity contribution in [3.63, 3.8) is 0 Å². The van der Waals surface area contributed by atoms with E-state index in [1.165, 1.54) is 18.1 Å². The van der Waals surface area contributed by atoms with E-state index in [9.17, 15) is 36.6 Å². The van der Waals surface area contributed by atoms with Crippen molar-refractivity contribution in [3.05, 3.63) is 76.5 Å². The SMILES string of the molecule is COc1ccc(N)c(CN(CCCc2cc(F)ccc2Nc2cc(C(F)(F)F)c(F)cc2C(=O)O)C(=O)OC(C)(C)C)n1. The number of carboxylic acid groups (broad SMARTS) is 1. The molecule has 3 rings (SSSR count). The number of benzene rings is 2. The molecule has 0 unspecified atom stereocenters. The third kappa shape index (κ3) is 8.93. The Hall–Kier alpha value is -4.62. The number of nitrogens with one attached hydrogen (secondary N) is 1. The number of methoxy groups -OCH3 is 1. The summed E-state index contributed by atoms with van der Waals surface area (Å²) in [5.74, 6) is -3.80. The van der Waals surface area contributed by atoms with Crippen LogP contribution < -0.4 is 15.8 Å². The van der Waals surface area contributed by atoms with E-state index < -0.39 is 52.3 Å². The summed E-state index contributed by atoms with van der Waals surface area (Å²) in [7, 11) is 1.42. The first-order valence-electron chi connectivity index (χ1n) is 12.9. The highest BCUT2D eigenvalue weighted by molar-refractivity contribution is 5.95. The number of nitrogens with zero attached hydrogens (tertiary/aromatic N) is 2. The van der Waals surface area contributed by atoms with Crippen LogP contribution in [-0.4, -0.2) is 46.3 Å². The molecule has 0 aliphatic rings. The number of nitrogen functional groups attached to an aromatic ring is 1. The van der Waals surface area contributed by atoms with E-state index in [2.05, 4.69) is 10.3 Å². The van der Waals surface area contributed by atoms with Crippen LogP contribution in [0.3, 0.4) is 0 Å². The van der Waals surface area contributed by atoms with Gasteiger partial charge in [-0.2, -0.15) is 13.2 Å². The van der Waals surface area contributed by atoms with Crippen LogP contribution in [-0.2, 0) is 23.9 Å². The number of carbonyl (C=O) groups excluding carboxylic acids is 1. The van der Waals surface area contributed by atoms with E-state index in [-0.39, 0.29) is 49.1 Å². The second kappa shape index (κ2) is 13.1. The number of ether oxygens (including phenoxy) is 2. The molecule has 3 aromatic rings. The summed E-state index contributed by atoms with van der Waals surface area (Å²) in [5, 5.41) is 12.0. The maximum atomic E-state index is 14.2. The number of aryl methyl sites for hydroxylation is 1. The number of aromatic carboxylic acids is 1. The molecule has 9 nitrogen and oxygen atoms in total. The van der Waals surface area contributed by atoms with Gasteiger partial charge in [0.05, 0.1) is 41.9 Å². The van der Waals surface area contributed by atoms with Crippen LogP contribution in [0, 0.1) is 11.6 Å². The van der Waals surface area contributed by atoms with Crippen LogP contribution in [0.2, 0.25) is 0 Å². The van der Waals surface area contributed by atoms with Crippen LogP contribution in [0.15, 0.2) is 42.5 Å². The number of carboxylic acids is 1. The summed E-state index contributed by atoms with van der Waals surface area (Å²) in [6.45, 7) is 5.09. The average Bonchev–Trinajstić information content (AvgIpc) is 2.89. The second-order valence-corrected chi connectivity index (χ2v) is 10.5. The third-order valence-electron chi connectivity index (χ3n) is 6.04. The first kappa shape index (κ1) is 32.9. The highest BCUT2D eigenvalue weighted by Gasteiger charge is 2.35. The molecule has 0 radical (unpaired) electrons. The Balaban J connectivity index is 1.88. The number of carbonyl (C=O) groups is 2. The fraction of sp³-hybridized carbons (Fsp3) is 0.345. The highest BCUT2D eigenvalue weighted by atomic mass is 19.4. The smallest absolute Gasteiger partial charge is 0.419 e. The number of alkyl halides is 3. The van der Waals surface area contributed by atoms with E-state index in [0.717, 1.165) is 12.1 Å². The van der Waals surface area contributed by atoms with E-state index in [0.29, 0.717) is 17.4 Å². The van der Waals surface area contributed by atoms with Gasteiger partial charge in [0, 0.05) is 18.3 Å². The van der Waals surface area contributed by atoms with Gasteiger partial charge in [-0.05, 0) is 75.6 Å². The average molecular weight is 611 g/mol. The molecule has 0 saturated carbocycles. The molecule has 232 valence electrons. The number of rotatable bonds is 10. The Kier molecular flexibility index (Phi) is 10.0. The number of anilines is 3. The van der Waals surface area contributed by atoms with Crippen molar-refractivity contribution in [2.24, 2.45) is 0 Å². The molecule has 14 heteroatoms. The van der Waals surface area contributed by atoms with Crippen molar-refractivity contribution in [3.8, 4) is 5.88 Å². The summed E-state index contributed by atoms with van der Waals surface area (Å²) in [4.78, 5) is 30.3. The first-order chi connectivity index (χ1) is 20.0. The van der Waals surface area contributed by atoms with Gasteiger partial charge < -0.3 is 30.5 Å². The van der Waals surface area contributed by atoms with Crippen molar-refractivity contribution in [2.75, 3.05) is 24.7 Å². The lowest BCUT2D eigenvalue weighted by Gasteiger charge is -2.27. The summed E-state index contributed by atoms with van der Waals surface area (Å²) < 4.78 is 79.0. The lowest BCUT2D eigenvalue weighted by atomic mass is 10.0. The Morgan fingerprint density at radius 2 is 1.74 bits per heavy atom. The van der Waals surface area contributed by atoms with E-state index >= 15 is 0 Å². The molecule has 43 heavy (non-hydrogen) atoms. The minimum atomic E-state index is -5.09. The van der Waals surface area contributed by atoms with Gasteiger partial charge in [-0.1, -0.05) is 0 Å². The van der Waals surface area contributed by atoms with Gasteiger partial charge in [0.25, 0.3) is 0 Å². The summed E-state index contributed by atoms with van der Waals surface area (Å²) >= 11 is 0. The number of aromatic nitrogens is 1. The molecule has 1 aromatic heterocycles. The standard InChI is InChI=1S/C29H31F5N4O5/c1-28(2,3)43-27(41)38(15-24-21(35)8-10-25(37-24)42-4)11-5-6-16-12-17(30)7-9-22(16)36-23-14-19(29(32,33)34)20(31)13-18(23)26(39)40/h7-10,12-14,36H,5-6,11,15,35H2,1-4H3,(H,39,40). The van der Waals surface area contributed by atoms with Crippen molar-refractivity contribution >= 4 is 29.1 Å². The molecule has 0 bridgehead atoms. The Morgan fingerprint density at radius 1 is 1.05 bits per heavy atom. The first-order valence-corrected chi connectivity index (χ1v) is 12.9. The number of nitrogens with two attached hydrogens (primary N) is 1. The quantitative estimate of drug-likeness (QED) is 0.215. The number of pyridine rings is 1. The van der Waals surface area contributed by atoms with E-state index in [4.69, 9.17) is 15.2 Å². The van der Waals surface area contributed by atoms with Crippen molar-refractivity contribution in [1.82, 2.24) is 9.88 Å². The minimum Gasteiger partial charge on any atom is -0.481 e. The van der Waals surface area contributed by atoms with Crippen LogP contribution in [0.4, 0.5) is 43.8 Å². The maximum absolute atomic E-state index is 14.2. The molecule has 4 N–H and O–H groups in total. The number of hydrogen-bond donors (Lipinski definition) is 3. The van der Waals surface area contributed by atoms with Crippen molar-refractivity contribution in [1.29, 1.82) is 0 Å². The predicted molar refractivity (Wildman–Crippen MR) is 148 cm³/mol. The van der Waals surface area contributed by atoms with Gasteiger partial charge >= 0.3 is 18.2 Å². The van der Waals surface area contributed by atoms with E-state index in [1.807, 2.05) is 0 Å². The van der Waals surface area contributed by atoms with Crippen LogP contribution >= 0.6 is 0 Å².